The number of likely N-dealkylation sites (tertiary alicyclic amines) is 1. The van der Waals surface area contributed by atoms with Crippen molar-refractivity contribution >= 4 is 5.91 Å². The van der Waals surface area contributed by atoms with Crippen LogP contribution in [-0.2, 0) is 6.54 Å². The highest BCUT2D eigenvalue weighted by Crippen LogP contribution is 2.25. The highest BCUT2D eigenvalue weighted by molar-refractivity contribution is 5.95. The number of carbonyl (C=O) groups excluding carboxylic acids is 1. The average Bonchev–Trinajstić information content (AvgIpc) is 3.30. The van der Waals surface area contributed by atoms with Gasteiger partial charge < -0.3 is 9.73 Å². The summed E-state index contributed by atoms with van der Waals surface area (Å²) in [6.07, 6.45) is 6.94. The molecule has 3 heterocycles. The first-order chi connectivity index (χ1) is 11.7. The smallest absolute Gasteiger partial charge is 0.254 e. The lowest BCUT2D eigenvalue weighted by atomic mass is 10.2. The average molecular weight is 330 g/mol. The van der Waals surface area contributed by atoms with Crippen LogP contribution in [0.25, 0.3) is 0 Å². The Morgan fingerprint density at radius 3 is 2.88 bits per heavy atom. The third-order valence-electron chi connectivity index (χ3n) is 4.55. The van der Waals surface area contributed by atoms with Crippen molar-refractivity contribution < 1.29 is 9.21 Å². The van der Waals surface area contributed by atoms with Crippen LogP contribution in [0.2, 0.25) is 0 Å². The van der Waals surface area contributed by atoms with Gasteiger partial charge in [-0.15, -0.1) is 0 Å². The molecule has 1 aliphatic heterocycles. The van der Waals surface area contributed by atoms with Crippen LogP contribution in [0, 0.1) is 6.92 Å². The van der Waals surface area contributed by atoms with E-state index in [-0.39, 0.29) is 11.9 Å². The Bertz CT molecular complexity index is 657. The van der Waals surface area contributed by atoms with Crippen LogP contribution in [0.4, 0.5) is 0 Å². The highest BCUT2D eigenvalue weighted by Gasteiger charge is 2.26. The lowest BCUT2D eigenvalue weighted by Crippen LogP contribution is -2.36. The summed E-state index contributed by atoms with van der Waals surface area (Å²) < 4.78 is 7.44. The van der Waals surface area contributed by atoms with E-state index in [1.807, 2.05) is 29.9 Å². The topological polar surface area (TPSA) is 63.3 Å². The first-order valence-corrected chi connectivity index (χ1v) is 8.78. The van der Waals surface area contributed by atoms with Crippen LogP contribution < -0.4 is 5.32 Å². The second-order valence-corrected chi connectivity index (χ2v) is 6.38. The maximum atomic E-state index is 12.6. The molecule has 0 aromatic carbocycles. The number of hydrogen-bond donors (Lipinski definition) is 1. The Labute approximate surface area is 142 Å². The number of rotatable bonds is 7. The molecule has 1 unspecified atom stereocenters. The van der Waals surface area contributed by atoms with Gasteiger partial charge in [-0.3, -0.25) is 14.4 Å². The first kappa shape index (κ1) is 16.8. The number of hydrogen-bond acceptors (Lipinski definition) is 4. The van der Waals surface area contributed by atoms with Gasteiger partial charge in [0.05, 0.1) is 23.6 Å². The predicted molar refractivity (Wildman–Crippen MR) is 91.8 cm³/mol. The van der Waals surface area contributed by atoms with Gasteiger partial charge in [0.25, 0.3) is 5.91 Å². The molecule has 0 saturated carbocycles. The largest absolute Gasteiger partial charge is 0.468 e. The minimum atomic E-state index is -0.0643. The monoisotopic (exact) mass is 330 g/mol. The van der Waals surface area contributed by atoms with Gasteiger partial charge in [-0.1, -0.05) is 6.92 Å². The van der Waals surface area contributed by atoms with E-state index < -0.39 is 0 Å². The molecule has 1 fully saturated rings. The van der Waals surface area contributed by atoms with Crippen LogP contribution in [0.5, 0.6) is 0 Å². The fraction of sp³-hybridized carbons (Fsp3) is 0.556. The van der Waals surface area contributed by atoms with E-state index in [4.69, 9.17) is 4.42 Å². The number of amides is 1. The van der Waals surface area contributed by atoms with E-state index in [0.29, 0.717) is 12.1 Å². The van der Waals surface area contributed by atoms with Crippen molar-refractivity contribution in [2.75, 3.05) is 19.6 Å². The molecular weight excluding hydrogens is 304 g/mol. The van der Waals surface area contributed by atoms with Gasteiger partial charge in [0.1, 0.15) is 5.76 Å². The van der Waals surface area contributed by atoms with E-state index in [0.717, 1.165) is 37.5 Å². The summed E-state index contributed by atoms with van der Waals surface area (Å²) in [7, 11) is 0. The summed E-state index contributed by atoms with van der Waals surface area (Å²) in [5, 5.41) is 7.47. The second kappa shape index (κ2) is 7.66. The number of aromatic nitrogens is 2. The molecule has 130 valence electrons. The van der Waals surface area contributed by atoms with Gasteiger partial charge in [-0.2, -0.15) is 5.10 Å². The molecule has 1 saturated heterocycles. The molecule has 0 bridgehead atoms. The predicted octanol–water partition coefficient (Wildman–Crippen LogP) is 2.76. The molecule has 1 N–H and O–H groups in total. The molecule has 1 aliphatic rings. The Balaban J connectivity index is 1.66. The van der Waals surface area contributed by atoms with E-state index in [2.05, 4.69) is 22.2 Å². The van der Waals surface area contributed by atoms with Gasteiger partial charge in [-0.25, -0.2) is 0 Å². The van der Waals surface area contributed by atoms with Crippen LogP contribution in [-0.4, -0.2) is 40.2 Å². The Hall–Kier alpha value is -2.08. The zero-order chi connectivity index (χ0) is 16.9. The van der Waals surface area contributed by atoms with E-state index >= 15 is 0 Å². The number of furan rings is 1. The Morgan fingerprint density at radius 2 is 2.21 bits per heavy atom. The molecule has 1 amide bonds. The van der Waals surface area contributed by atoms with Crippen LogP contribution in [0.15, 0.2) is 29.0 Å². The molecule has 3 rings (SSSR count). The molecular formula is C18H26N4O2. The summed E-state index contributed by atoms with van der Waals surface area (Å²) in [6.45, 7) is 7.46. The summed E-state index contributed by atoms with van der Waals surface area (Å²) in [4.78, 5) is 14.9. The fourth-order valence-electron chi connectivity index (χ4n) is 3.31. The summed E-state index contributed by atoms with van der Waals surface area (Å²) in [5.74, 6) is 0.848. The molecule has 0 spiro atoms. The maximum absolute atomic E-state index is 12.6. The van der Waals surface area contributed by atoms with Crippen molar-refractivity contribution in [3.63, 3.8) is 0 Å². The SMILES string of the molecule is CCCn1cc(C(=O)NCC(c2ccco2)N2CCCC2)c(C)n1. The standard InChI is InChI=1S/C18H26N4O2/c1-3-8-22-13-15(14(2)20-22)18(23)19-12-16(17-7-6-11-24-17)21-9-4-5-10-21/h6-7,11,13,16H,3-5,8-10,12H2,1-2H3,(H,19,23). The third-order valence-corrected chi connectivity index (χ3v) is 4.55. The molecule has 0 radical (unpaired) electrons. The molecule has 6 heteroatoms. The van der Waals surface area contributed by atoms with Gasteiger partial charge in [0.2, 0.25) is 0 Å². The molecule has 2 aromatic rings. The quantitative estimate of drug-likeness (QED) is 0.848. The van der Waals surface area contributed by atoms with E-state index in [1.165, 1.54) is 12.8 Å². The Morgan fingerprint density at radius 1 is 1.42 bits per heavy atom. The molecule has 0 aliphatic carbocycles. The van der Waals surface area contributed by atoms with Gasteiger partial charge in [0, 0.05) is 19.3 Å². The summed E-state index contributed by atoms with van der Waals surface area (Å²) >= 11 is 0. The molecule has 2 aromatic heterocycles. The van der Waals surface area contributed by atoms with Crippen molar-refractivity contribution in [1.29, 1.82) is 0 Å². The zero-order valence-corrected chi connectivity index (χ0v) is 14.5. The third kappa shape index (κ3) is 3.70. The minimum absolute atomic E-state index is 0.0643. The van der Waals surface area contributed by atoms with Crippen molar-refractivity contribution in [1.82, 2.24) is 20.0 Å². The number of nitrogens with zero attached hydrogens (tertiary/aromatic N) is 3. The lowest BCUT2D eigenvalue weighted by Gasteiger charge is -2.25. The van der Waals surface area contributed by atoms with Crippen LogP contribution >= 0.6 is 0 Å². The van der Waals surface area contributed by atoms with Crippen LogP contribution in [0.3, 0.4) is 0 Å². The van der Waals surface area contributed by atoms with Gasteiger partial charge in [-0.05, 0) is 51.4 Å². The lowest BCUT2D eigenvalue weighted by molar-refractivity contribution is 0.0933. The van der Waals surface area contributed by atoms with E-state index in [9.17, 15) is 4.79 Å². The molecule has 6 nitrogen and oxygen atoms in total. The van der Waals surface area contributed by atoms with E-state index in [1.54, 1.807) is 6.26 Å². The number of carbonyl (C=O) groups is 1. The van der Waals surface area contributed by atoms with Crippen LogP contribution in [0.1, 0.15) is 54.0 Å². The van der Waals surface area contributed by atoms with Crippen molar-refractivity contribution in [3.8, 4) is 0 Å². The second-order valence-electron chi connectivity index (χ2n) is 6.38. The number of nitrogens with one attached hydrogen (secondary N) is 1. The number of aryl methyl sites for hydroxylation is 2. The highest BCUT2D eigenvalue weighted by atomic mass is 16.3. The molecule has 24 heavy (non-hydrogen) atoms. The fourth-order valence-corrected chi connectivity index (χ4v) is 3.31. The van der Waals surface area contributed by atoms with Gasteiger partial charge >= 0.3 is 0 Å². The normalized spacial score (nSPS) is 16.4. The zero-order valence-electron chi connectivity index (χ0n) is 14.5. The minimum Gasteiger partial charge on any atom is -0.468 e. The van der Waals surface area contributed by atoms with Crippen molar-refractivity contribution in [2.24, 2.45) is 0 Å². The maximum Gasteiger partial charge on any atom is 0.254 e. The molecule has 1 atom stereocenters. The first-order valence-electron chi connectivity index (χ1n) is 8.78. The summed E-state index contributed by atoms with van der Waals surface area (Å²) in [5.41, 5.74) is 1.43. The van der Waals surface area contributed by atoms with Crippen molar-refractivity contribution in [3.05, 3.63) is 41.6 Å². The Kier molecular flexibility index (Phi) is 5.35. The summed E-state index contributed by atoms with van der Waals surface area (Å²) in [6, 6.07) is 3.98. The van der Waals surface area contributed by atoms with Gasteiger partial charge in [0.15, 0.2) is 0 Å². The van der Waals surface area contributed by atoms with Crippen molar-refractivity contribution in [2.45, 2.75) is 45.7 Å².